The molecule has 0 aliphatic carbocycles. The fraction of sp³-hybridized carbons (Fsp3) is 0.0508. The third-order valence-corrected chi connectivity index (χ3v) is 19.7. The van der Waals surface area contributed by atoms with Crippen LogP contribution in [0.1, 0.15) is 22.3 Å². The Balaban J connectivity index is 1.30. The van der Waals surface area contributed by atoms with E-state index in [0.717, 1.165) is 11.8 Å². The summed E-state index contributed by atoms with van der Waals surface area (Å²) in [5, 5.41) is 3.06. The van der Waals surface area contributed by atoms with Crippen molar-refractivity contribution in [2.24, 2.45) is 0 Å². The third kappa shape index (κ3) is 7.18. The van der Waals surface area contributed by atoms with Crippen molar-refractivity contribution >= 4 is 40.1 Å². The Morgan fingerprint density at radius 3 is 0.836 bits per heavy atom. The lowest BCUT2D eigenvalue weighted by Crippen LogP contribution is -2.33. The minimum absolute atomic E-state index is 0.293. The lowest BCUT2D eigenvalue weighted by Gasteiger charge is -2.30. The Labute approximate surface area is 364 Å². The van der Waals surface area contributed by atoms with E-state index in [2.05, 4.69) is 249 Å². The monoisotopic (exact) mass is 815 g/mol. The van der Waals surface area contributed by atoms with E-state index in [-0.39, 0.29) is 10.5 Å². The van der Waals surface area contributed by atoms with Crippen molar-refractivity contribution in [3.63, 3.8) is 0 Å². The number of benzene rings is 8. The van der Waals surface area contributed by atoms with Crippen LogP contribution in [0.3, 0.4) is 0 Å². The summed E-state index contributed by atoms with van der Waals surface area (Å²) in [5.74, 6) is 1.01. The summed E-state index contributed by atoms with van der Waals surface area (Å²) in [6.07, 6.45) is 0. The fourth-order valence-electron chi connectivity index (χ4n) is 9.70. The van der Waals surface area contributed by atoms with Gasteiger partial charge in [0, 0.05) is 17.2 Å². The molecule has 1 aliphatic rings. The summed E-state index contributed by atoms with van der Waals surface area (Å²) in [4.78, 5) is 2.89. The van der Waals surface area contributed by atoms with Gasteiger partial charge in [-0.2, -0.15) is 0 Å². The largest absolute Gasteiger partial charge is 0.189 e. The molecule has 0 unspecified atom stereocenters. The van der Waals surface area contributed by atoms with Gasteiger partial charge in [-0.25, -0.2) is 0 Å². The summed E-state index contributed by atoms with van der Waals surface area (Å²) < 4.78 is 0. The van der Waals surface area contributed by atoms with Gasteiger partial charge in [0.1, 0.15) is 13.8 Å². The van der Waals surface area contributed by atoms with Crippen molar-refractivity contribution in [2.45, 2.75) is 18.3 Å². The van der Waals surface area contributed by atoms with Crippen LogP contribution in [-0.4, -0.2) is 8.07 Å². The van der Waals surface area contributed by atoms with Gasteiger partial charge in [-0.05, 0) is 89.7 Å². The van der Waals surface area contributed by atoms with E-state index in [1.807, 2.05) is 0 Å². The van der Waals surface area contributed by atoms with Crippen LogP contribution in [0, 0.1) is 0 Å². The number of allylic oxidation sites excluding steroid dienone is 2. The highest BCUT2D eigenvalue weighted by molar-refractivity contribution is 7.38. The van der Waals surface area contributed by atoms with Gasteiger partial charge in [0.25, 0.3) is 0 Å². The van der Waals surface area contributed by atoms with Gasteiger partial charge in [0.15, 0.2) is 9.75 Å². The topological polar surface area (TPSA) is 0 Å². The van der Waals surface area contributed by atoms with Crippen molar-refractivity contribution in [2.75, 3.05) is 0 Å². The lowest BCUT2D eigenvalue weighted by molar-refractivity contribution is 1.30. The Bertz CT molecular complexity index is 2750. The summed E-state index contributed by atoms with van der Waals surface area (Å²) in [5.41, 5.74) is 15.8. The molecule has 2 heterocycles. The molecule has 0 N–H and O–H groups in total. The van der Waals surface area contributed by atoms with E-state index >= 15 is 0 Å². The standard InChI is InChI=1S/C59H47SSi/c1-61(58(50-38-22-8-23-39-50)54(46-30-14-4-15-31-46)55(47-32-16-5-17-33-47)59(61)51-40-24-9-25-41-51)43-42-60-56(48-34-18-6-19-35-48)52(44-26-10-2-11-27-44)53(45-28-12-3-13-29-45)57(60)49-36-20-7-21-37-49/h2-41H,42-43H2,1H3/q+1. The molecule has 61 heavy (non-hydrogen) atoms. The van der Waals surface area contributed by atoms with Gasteiger partial charge < -0.3 is 0 Å². The molecule has 1 aromatic heterocycles. The second kappa shape index (κ2) is 17.0. The van der Waals surface area contributed by atoms with E-state index in [9.17, 15) is 0 Å². The Morgan fingerprint density at radius 2 is 0.541 bits per heavy atom. The first-order chi connectivity index (χ1) is 30.2. The van der Waals surface area contributed by atoms with Crippen LogP contribution in [0.5, 0.6) is 0 Å². The van der Waals surface area contributed by atoms with Crippen LogP contribution in [0.25, 0.3) is 64.7 Å². The van der Waals surface area contributed by atoms with E-state index < -0.39 is 8.07 Å². The minimum Gasteiger partial charge on any atom is -0.0622 e. The van der Waals surface area contributed by atoms with Crippen molar-refractivity contribution in [3.8, 4) is 43.1 Å². The van der Waals surface area contributed by atoms with Crippen molar-refractivity contribution in [1.29, 1.82) is 0 Å². The highest BCUT2D eigenvalue weighted by atomic mass is 32.2. The molecule has 1 aliphatic heterocycles. The number of hydrogen-bond donors (Lipinski definition) is 0. The molecule has 0 spiro atoms. The molecular weight excluding hydrogens is 769 g/mol. The molecular formula is C59H47SSi+. The maximum Gasteiger partial charge on any atom is 0.189 e. The van der Waals surface area contributed by atoms with Gasteiger partial charge in [0.05, 0.1) is 11.1 Å². The van der Waals surface area contributed by atoms with Crippen LogP contribution in [0.4, 0.5) is 0 Å². The molecule has 0 nitrogen and oxygen atoms in total. The Kier molecular flexibility index (Phi) is 10.7. The number of rotatable bonds is 11. The highest BCUT2D eigenvalue weighted by Crippen LogP contribution is 2.62. The zero-order valence-electron chi connectivity index (χ0n) is 34.4. The Hall–Kier alpha value is -6.84. The van der Waals surface area contributed by atoms with Gasteiger partial charge in [-0.1, -0.05) is 225 Å². The summed E-state index contributed by atoms with van der Waals surface area (Å²) in [6.45, 7) is 2.68. The molecule has 0 radical (unpaired) electrons. The van der Waals surface area contributed by atoms with E-state index in [1.54, 1.807) is 0 Å². The van der Waals surface area contributed by atoms with Crippen LogP contribution < -0.4 is 0 Å². The van der Waals surface area contributed by atoms with Crippen molar-refractivity contribution in [1.82, 2.24) is 0 Å². The maximum atomic E-state index is 2.68. The van der Waals surface area contributed by atoms with Crippen molar-refractivity contribution < 1.29 is 0 Å². The molecule has 0 bridgehead atoms. The zero-order valence-corrected chi connectivity index (χ0v) is 36.2. The molecule has 0 amide bonds. The first kappa shape index (κ1) is 38.4. The minimum atomic E-state index is -2.63. The first-order valence-electron chi connectivity index (χ1n) is 21.3. The average molecular weight is 816 g/mol. The van der Waals surface area contributed by atoms with Crippen LogP contribution in [0.2, 0.25) is 12.6 Å². The molecule has 0 saturated carbocycles. The molecule has 0 saturated heterocycles. The van der Waals surface area contributed by atoms with Crippen LogP contribution >= 0.6 is 10.5 Å². The SMILES string of the molecule is C[Si]1(CC[s+]2c(-c3ccccc3)c(-c3ccccc3)c(-c3ccccc3)c2-c2ccccc2)C(c2ccccc2)=C(c2ccccc2)C(c2ccccc2)=C1c1ccccc1. The van der Waals surface area contributed by atoms with Gasteiger partial charge >= 0.3 is 0 Å². The maximum absolute atomic E-state index is 2.68. The predicted molar refractivity (Wildman–Crippen MR) is 266 cm³/mol. The van der Waals surface area contributed by atoms with Gasteiger partial charge in [0.2, 0.25) is 0 Å². The second-order valence-electron chi connectivity index (χ2n) is 16.0. The Morgan fingerprint density at radius 1 is 0.295 bits per heavy atom. The molecule has 8 aromatic carbocycles. The number of hydrogen-bond acceptors (Lipinski definition) is 0. The molecule has 10 rings (SSSR count). The molecule has 2 heteroatoms. The third-order valence-electron chi connectivity index (χ3n) is 12.3. The zero-order chi connectivity index (χ0) is 41.0. The smallest absolute Gasteiger partial charge is 0.0622 e. The summed E-state index contributed by atoms with van der Waals surface area (Å²) >= 11 is 0. The second-order valence-corrected chi connectivity index (χ2v) is 22.2. The highest BCUT2D eigenvalue weighted by Gasteiger charge is 2.48. The molecule has 0 fully saturated rings. The molecule has 292 valence electrons. The van der Waals surface area contributed by atoms with E-state index in [1.165, 1.54) is 86.9 Å². The normalized spacial score (nSPS) is 13.5. The molecule has 0 atom stereocenters. The number of thiophene rings is 1. The quantitative estimate of drug-likeness (QED) is 0.0901. The van der Waals surface area contributed by atoms with E-state index in [4.69, 9.17) is 0 Å². The van der Waals surface area contributed by atoms with E-state index in [0.29, 0.717) is 0 Å². The predicted octanol–water partition coefficient (Wildman–Crippen LogP) is 16.5. The van der Waals surface area contributed by atoms with Crippen LogP contribution in [0.15, 0.2) is 243 Å². The van der Waals surface area contributed by atoms with Crippen molar-refractivity contribution in [3.05, 3.63) is 265 Å². The summed E-state index contributed by atoms with van der Waals surface area (Å²) in [7, 11) is -2.92. The van der Waals surface area contributed by atoms with Crippen LogP contribution in [-0.2, 0) is 5.75 Å². The molecule has 9 aromatic rings. The fourth-order valence-corrected chi connectivity index (χ4v) is 18.5. The lowest BCUT2D eigenvalue weighted by atomic mass is 9.89. The summed E-state index contributed by atoms with van der Waals surface area (Å²) in [6, 6.07) is 91.0. The van der Waals surface area contributed by atoms with Gasteiger partial charge in [-0.3, -0.25) is 0 Å². The van der Waals surface area contributed by atoms with Gasteiger partial charge in [-0.15, -0.1) is 0 Å². The average Bonchev–Trinajstić information content (AvgIpc) is 3.83. The first-order valence-corrected chi connectivity index (χ1v) is 25.4.